The lowest BCUT2D eigenvalue weighted by Crippen LogP contribution is -1.97. The minimum atomic E-state index is 0.855. The third kappa shape index (κ3) is 2.23. The van der Waals surface area contributed by atoms with E-state index < -0.39 is 0 Å². The fraction of sp³-hybridized carbons (Fsp3) is 0.286. The first-order valence-electron chi connectivity index (χ1n) is 4.97. The molecule has 0 saturated carbocycles. The van der Waals surface area contributed by atoms with Gasteiger partial charge < -0.3 is 0 Å². The fourth-order valence-corrected chi connectivity index (χ4v) is 1.89. The van der Waals surface area contributed by atoms with Crippen LogP contribution in [0, 0.1) is 27.7 Å². The lowest BCUT2D eigenvalue weighted by molar-refractivity contribution is 1.20. The molecule has 0 bridgehead atoms. The highest BCUT2D eigenvalue weighted by molar-refractivity contribution is 9.12. The van der Waals surface area contributed by atoms with Crippen molar-refractivity contribution in [3.05, 3.63) is 51.5 Å². The topological polar surface area (TPSA) is 0 Å². The van der Waals surface area contributed by atoms with Crippen LogP contribution in [0.5, 0.6) is 0 Å². The van der Waals surface area contributed by atoms with E-state index in [0.29, 0.717) is 0 Å². The summed E-state index contributed by atoms with van der Waals surface area (Å²) in [4.78, 5) is 0. The van der Waals surface area contributed by atoms with Gasteiger partial charge in [-0.25, -0.2) is 0 Å². The summed E-state index contributed by atoms with van der Waals surface area (Å²) in [6, 6.07) is 2.19. The lowest BCUT2D eigenvalue weighted by atomic mass is 9.91. The van der Waals surface area contributed by atoms with Gasteiger partial charge in [-0.15, -0.1) is 0 Å². The molecule has 0 fully saturated rings. The summed E-state index contributed by atoms with van der Waals surface area (Å²) in [7, 11) is 0. The second kappa shape index (κ2) is 4.36. The Kier molecular flexibility index (Phi) is 3.56. The molecule has 0 aliphatic rings. The largest absolute Gasteiger partial charge is 0.0900 e. The van der Waals surface area contributed by atoms with Crippen LogP contribution < -0.4 is 0 Å². The third-order valence-corrected chi connectivity index (χ3v) is 3.61. The number of rotatable bonds is 2. The van der Waals surface area contributed by atoms with E-state index in [1.807, 2.05) is 0 Å². The highest BCUT2D eigenvalue weighted by Gasteiger charge is 2.10. The van der Waals surface area contributed by atoms with Crippen LogP contribution in [0.2, 0.25) is 0 Å². The summed E-state index contributed by atoms with van der Waals surface area (Å²) in [6.07, 6.45) is 0. The zero-order valence-corrected chi connectivity index (χ0v) is 11.5. The molecule has 0 unspecified atom stereocenters. The number of allylic oxidation sites excluding steroid dienone is 2. The number of hydrogen-bond donors (Lipinski definition) is 0. The average Bonchev–Trinajstić information content (AvgIpc) is 2.19. The van der Waals surface area contributed by atoms with Crippen molar-refractivity contribution in [2.75, 3.05) is 0 Å². The van der Waals surface area contributed by atoms with Crippen LogP contribution in [0.1, 0.15) is 27.8 Å². The van der Waals surface area contributed by atoms with Crippen LogP contribution in [0.15, 0.2) is 23.7 Å². The van der Waals surface area contributed by atoms with Gasteiger partial charge in [0.1, 0.15) is 0 Å². The number of halogens is 1. The molecule has 0 aliphatic carbocycles. The monoisotopic (exact) mass is 264 g/mol. The van der Waals surface area contributed by atoms with E-state index in [9.17, 15) is 0 Å². The molecular weight excluding hydrogens is 248 g/mol. The summed E-state index contributed by atoms with van der Waals surface area (Å²) in [5.74, 6) is 0. The molecule has 0 heterocycles. The highest BCUT2D eigenvalue weighted by atomic mass is 79.9. The van der Waals surface area contributed by atoms with Crippen molar-refractivity contribution < 1.29 is 0 Å². The van der Waals surface area contributed by atoms with E-state index in [2.05, 4.69) is 62.8 Å². The summed E-state index contributed by atoms with van der Waals surface area (Å²) in [5.41, 5.74) is 7.48. The standard InChI is InChI=1S/C14H17Br/c1-8-7-14(12(5)13(6)15)11(4)10(3)9(8)2/h7H,5-6H2,1-4H3. The van der Waals surface area contributed by atoms with Crippen LogP contribution >= 0.6 is 15.9 Å². The van der Waals surface area contributed by atoms with Gasteiger partial charge in [-0.05, 0) is 61.1 Å². The van der Waals surface area contributed by atoms with Gasteiger partial charge in [0, 0.05) is 4.48 Å². The first-order chi connectivity index (χ1) is 6.86. The zero-order valence-electron chi connectivity index (χ0n) is 9.87. The molecule has 15 heavy (non-hydrogen) atoms. The summed E-state index contributed by atoms with van der Waals surface area (Å²) in [5, 5.41) is 0. The molecule has 0 aromatic heterocycles. The Labute approximate surface area is 101 Å². The van der Waals surface area contributed by atoms with Crippen LogP contribution in [0.4, 0.5) is 0 Å². The normalized spacial score (nSPS) is 10.2. The first-order valence-corrected chi connectivity index (χ1v) is 5.77. The molecule has 0 atom stereocenters. The Morgan fingerprint density at radius 3 is 2.00 bits per heavy atom. The van der Waals surface area contributed by atoms with Crippen molar-refractivity contribution in [1.29, 1.82) is 0 Å². The molecule has 0 N–H and O–H groups in total. The van der Waals surface area contributed by atoms with E-state index in [-0.39, 0.29) is 0 Å². The molecule has 1 rings (SSSR count). The summed E-state index contributed by atoms with van der Waals surface area (Å²) in [6.45, 7) is 16.5. The highest BCUT2D eigenvalue weighted by Crippen LogP contribution is 2.31. The lowest BCUT2D eigenvalue weighted by Gasteiger charge is -2.15. The van der Waals surface area contributed by atoms with Gasteiger partial charge in [0.2, 0.25) is 0 Å². The molecule has 0 spiro atoms. The third-order valence-electron chi connectivity index (χ3n) is 3.13. The number of aryl methyl sites for hydroxylation is 1. The van der Waals surface area contributed by atoms with Crippen molar-refractivity contribution in [3.8, 4) is 0 Å². The molecule has 80 valence electrons. The Bertz CT molecular complexity index is 439. The Balaban J connectivity index is 3.45. The molecule has 0 amide bonds. The van der Waals surface area contributed by atoms with E-state index in [1.54, 1.807) is 0 Å². The smallest absolute Gasteiger partial charge is 0.0176 e. The minimum Gasteiger partial charge on any atom is -0.0900 e. The summed E-state index contributed by atoms with van der Waals surface area (Å²) < 4.78 is 0.855. The second-order valence-corrected chi connectivity index (χ2v) is 4.96. The van der Waals surface area contributed by atoms with Gasteiger partial charge in [-0.2, -0.15) is 0 Å². The van der Waals surface area contributed by atoms with Crippen molar-refractivity contribution in [2.45, 2.75) is 27.7 Å². The SMILES string of the molecule is C=C(Br)C(=C)c1cc(C)c(C)c(C)c1C. The van der Waals surface area contributed by atoms with Gasteiger partial charge in [0.25, 0.3) is 0 Å². The van der Waals surface area contributed by atoms with E-state index in [1.165, 1.54) is 27.8 Å². The molecule has 1 aromatic carbocycles. The maximum Gasteiger partial charge on any atom is 0.0176 e. The van der Waals surface area contributed by atoms with Crippen molar-refractivity contribution in [1.82, 2.24) is 0 Å². The maximum absolute atomic E-state index is 4.05. The van der Waals surface area contributed by atoms with Gasteiger partial charge in [-0.3, -0.25) is 0 Å². The number of hydrogen-bond acceptors (Lipinski definition) is 0. The van der Waals surface area contributed by atoms with E-state index in [0.717, 1.165) is 10.1 Å². The quantitative estimate of drug-likeness (QED) is 0.671. The Hall–Kier alpha value is -0.820. The minimum absolute atomic E-state index is 0.855. The van der Waals surface area contributed by atoms with Crippen molar-refractivity contribution in [2.24, 2.45) is 0 Å². The maximum atomic E-state index is 4.05. The summed E-state index contributed by atoms with van der Waals surface area (Å²) >= 11 is 3.38. The second-order valence-electron chi connectivity index (χ2n) is 4.00. The Morgan fingerprint density at radius 1 is 1.00 bits per heavy atom. The number of benzene rings is 1. The van der Waals surface area contributed by atoms with Crippen LogP contribution in [-0.2, 0) is 0 Å². The van der Waals surface area contributed by atoms with E-state index >= 15 is 0 Å². The molecule has 1 aromatic rings. The molecule has 0 radical (unpaired) electrons. The van der Waals surface area contributed by atoms with Crippen molar-refractivity contribution >= 4 is 21.5 Å². The van der Waals surface area contributed by atoms with Crippen LogP contribution in [0.25, 0.3) is 5.57 Å². The van der Waals surface area contributed by atoms with Gasteiger partial charge in [-0.1, -0.05) is 35.2 Å². The predicted molar refractivity (Wildman–Crippen MR) is 72.5 cm³/mol. The first kappa shape index (κ1) is 12.3. The van der Waals surface area contributed by atoms with Crippen LogP contribution in [-0.4, -0.2) is 0 Å². The molecule has 0 nitrogen and oxygen atoms in total. The fourth-order valence-electron chi connectivity index (χ4n) is 1.67. The van der Waals surface area contributed by atoms with Gasteiger partial charge >= 0.3 is 0 Å². The van der Waals surface area contributed by atoms with Gasteiger partial charge in [0.15, 0.2) is 0 Å². The molecule has 0 aliphatic heterocycles. The molecular formula is C14H17Br. The molecule has 0 saturated heterocycles. The van der Waals surface area contributed by atoms with Gasteiger partial charge in [0.05, 0.1) is 0 Å². The predicted octanol–water partition coefficient (Wildman–Crippen LogP) is 4.84. The zero-order chi connectivity index (χ0) is 11.7. The Morgan fingerprint density at radius 2 is 1.53 bits per heavy atom. The molecule has 1 heteroatoms. The van der Waals surface area contributed by atoms with Crippen molar-refractivity contribution in [3.63, 3.8) is 0 Å². The van der Waals surface area contributed by atoms with Crippen LogP contribution in [0.3, 0.4) is 0 Å². The average molecular weight is 265 g/mol. The van der Waals surface area contributed by atoms with E-state index in [4.69, 9.17) is 0 Å².